The third kappa shape index (κ3) is 2.91. The van der Waals surface area contributed by atoms with Crippen LogP contribution >= 0.6 is 11.3 Å². The summed E-state index contributed by atoms with van der Waals surface area (Å²) in [6.45, 7) is 7.37. The van der Waals surface area contributed by atoms with E-state index in [4.69, 9.17) is 0 Å². The van der Waals surface area contributed by atoms with Gasteiger partial charge in [-0.05, 0) is 30.9 Å². The zero-order valence-electron chi connectivity index (χ0n) is 11.3. The molecular formula is C15H20N2S. The van der Waals surface area contributed by atoms with E-state index in [9.17, 15) is 0 Å². The van der Waals surface area contributed by atoms with Crippen molar-refractivity contribution in [3.63, 3.8) is 0 Å². The lowest BCUT2D eigenvalue weighted by Gasteiger charge is -2.13. The highest BCUT2D eigenvalue weighted by Gasteiger charge is 2.05. The predicted molar refractivity (Wildman–Crippen MR) is 79.4 cm³/mol. The minimum Gasteiger partial charge on any atom is -0.380 e. The average Bonchev–Trinajstić information content (AvgIpc) is 2.85. The summed E-state index contributed by atoms with van der Waals surface area (Å²) in [6, 6.07) is 6.48. The quantitative estimate of drug-likeness (QED) is 0.872. The molecule has 0 spiro atoms. The number of nitrogens with zero attached hydrogens (tertiary/aromatic N) is 1. The van der Waals surface area contributed by atoms with Gasteiger partial charge in [0, 0.05) is 16.8 Å². The van der Waals surface area contributed by atoms with Gasteiger partial charge >= 0.3 is 0 Å². The first-order chi connectivity index (χ1) is 8.74. The summed E-state index contributed by atoms with van der Waals surface area (Å²) in [7, 11) is 0. The van der Waals surface area contributed by atoms with Gasteiger partial charge in [0.2, 0.25) is 0 Å². The number of nitrogens with one attached hydrogen (secondary N) is 1. The highest BCUT2D eigenvalue weighted by Crippen LogP contribution is 2.23. The normalized spacial score (nSPS) is 10.6. The zero-order chi connectivity index (χ0) is 13.0. The molecule has 18 heavy (non-hydrogen) atoms. The third-order valence-corrected chi connectivity index (χ3v) is 4.22. The summed E-state index contributed by atoms with van der Waals surface area (Å²) in [5.41, 5.74) is 3.98. The molecular weight excluding hydrogens is 240 g/mol. The van der Waals surface area contributed by atoms with Gasteiger partial charge in [-0.1, -0.05) is 32.0 Å². The van der Waals surface area contributed by atoms with Gasteiger partial charge < -0.3 is 5.32 Å². The van der Waals surface area contributed by atoms with Crippen LogP contribution in [0, 0.1) is 6.92 Å². The van der Waals surface area contributed by atoms with Crippen molar-refractivity contribution in [1.82, 2.24) is 4.98 Å². The Labute approximate surface area is 113 Å². The van der Waals surface area contributed by atoms with Gasteiger partial charge in [0.15, 0.2) is 0 Å². The largest absolute Gasteiger partial charge is 0.380 e. The van der Waals surface area contributed by atoms with Crippen molar-refractivity contribution in [3.8, 4) is 0 Å². The van der Waals surface area contributed by atoms with E-state index < -0.39 is 0 Å². The Kier molecular flexibility index (Phi) is 4.37. The molecule has 0 bridgehead atoms. The Bertz CT molecular complexity index is 517. The van der Waals surface area contributed by atoms with Gasteiger partial charge in [-0.3, -0.25) is 0 Å². The fraction of sp³-hybridized carbons (Fsp3) is 0.400. The average molecular weight is 260 g/mol. The van der Waals surface area contributed by atoms with Crippen LogP contribution < -0.4 is 5.32 Å². The SMILES string of the molecule is CCc1ncc(CNc2c(C)cccc2CC)s1. The van der Waals surface area contributed by atoms with Crippen molar-refractivity contribution in [2.24, 2.45) is 0 Å². The molecule has 0 aliphatic rings. The molecule has 96 valence electrons. The Morgan fingerprint density at radius 3 is 2.72 bits per heavy atom. The molecule has 0 aliphatic heterocycles. The first-order valence-corrected chi connectivity index (χ1v) is 7.32. The second-order valence-corrected chi connectivity index (χ2v) is 5.59. The molecule has 2 rings (SSSR count). The summed E-state index contributed by atoms with van der Waals surface area (Å²) >= 11 is 1.80. The molecule has 1 heterocycles. The smallest absolute Gasteiger partial charge is 0.0925 e. The number of hydrogen-bond donors (Lipinski definition) is 1. The molecule has 0 radical (unpaired) electrons. The number of hydrogen-bond acceptors (Lipinski definition) is 3. The number of anilines is 1. The summed E-state index contributed by atoms with van der Waals surface area (Å²) in [5.74, 6) is 0. The van der Waals surface area contributed by atoms with Crippen LogP contribution in [0.4, 0.5) is 5.69 Å². The maximum absolute atomic E-state index is 4.39. The second-order valence-electron chi connectivity index (χ2n) is 4.39. The zero-order valence-corrected chi connectivity index (χ0v) is 12.1. The number of benzene rings is 1. The van der Waals surface area contributed by atoms with E-state index in [1.807, 2.05) is 6.20 Å². The van der Waals surface area contributed by atoms with E-state index in [0.29, 0.717) is 0 Å². The van der Waals surface area contributed by atoms with Crippen LogP contribution in [0.25, 0.3) is 0 Å². The number of aryl methyl sites for hydroxylation is 3. The van der Waals surface area contributed by atoms with E-state index >= 15 is 0 Å². The minimum atomic E-state index is 0.871. The number of para-hydroxylation sites is 1. The summed E-state index contributed by atoms with van der Waals surface area (Å²) < 4.78 is 0. The molecule has 0 unspecified atom stereocenters. The van der Waals surface area contributed by atoms with E-state index in [1.165, 1.54) is 26.7 Å². The van der Waals surface area contributed by atoms with Gasteiger partial charge in [-0.2, -0.15) is 0 Å². The van der Waals surface area contributed by atoms with Crippen molar-refractivity contribution < 1.29 is 0 Å². The van der Waals surface area contributed by atoms with Crippen molar-refractivity contribution in [1.29, 1.82) is 0 Å². The predicted octanol–water partition coefficient (Wildman–Crippen LogP) is 4.19. The summed E-state index contributed by atoms with van der Waals surface area (Å²) in [5, 5.41) is 4.77. The lowest BCUT2D eigenvalue weighted by atomic mass is 10.1. The van der Waals surface area contributed by atoms with Crippen LogP contribution in [-0.2, 0) is 19.4 Å². The molecule has 3 heteroatoms. The lowest BCUT2D eigenvalue weighted by molar-refractivity contribution is 1.08. The molecule has 2 nitrogen and oxygen atoms in total. The molecule has 0 saturated carbocycles. The Morgan fingerprint density at radius 2 is 2.06 bits per heavy atom. The highest BCUT2D eigenvalue weighted by molar-refractivity contribution is 7.11. The van der Waals surface area contributed by atoms with Gasteiger partial charge in [0.25, 0.3) is 0 Å². The number of aromatic nitrogens is 1. The van der Waals surface area contributed by atoms with E-state index in [-0.39, 0.29) is 0 Å². The fourth-order valence-electron chi connectivity index (χ4n) is 2.04. The van der Waals surface area contributed by atoms with Gasteiger partial charge in [-0.25, -0.2) is 4.98 Å². The molecule has 1 N–H and O–H groups in total. The molecule has 0 atom stereocenters. The highest BCUT2D eigenvalue weighted by atomic mass is 32.1. The Morgan fingerprint density at radius 1 is 1.22 bits per heavy atom. The molecule has 0 amide bonds. The van der Waals surface area contributed by atoms with Crippen LogP contribution in [0.1, 0.15) is 34.9 Å². The van der Waals surface area contributed by atoms with Crippen LogP contribution in [-0.4, -0.2) is 4.98 Å². The van der Waals surface area contributed by atoms with Crippen molar-refractivity contribution >= 4 is 17.0 Å². The molecule has 0 aliphatic carbocycles. The topological polar surface area (TPSA) is 24.9 Å². The summed E-state index contributed by atoms with van der Waals surface area (Å²) in [4.78, 5) is 5.69. The number of thiazole rings is 1. The standard InChI is InChI=1S/C15H20N2S/c1-4-12-8-6-7-11(3)15(12)17-10-13-9-16-14(5-2)18-13/h6-9,17H,4-5,10H2,1-3H3. The third-order valence-electron chi connectivity index (χ3n) is 3.08. The van der Waals surface area contributed by atoms with Gasteiger partial charge in [-0.15, -0.1) is 11.3 Å². The fourth-order valence-corrected chi connectivity index (χ4v) is 2.85. The van der Waals surface area contributed by atoms with E-state index in [2.05, 4.69) is 49.3 Å². The van der Waals surface area contributed by atoms with Crippen LogP contribution in [0.5, 0.6) is 0 Å². The van der Waals surface area contributed by atoms with Gasteiger partial charge in [0.05, 0.1) is 11.6 Å². The minimum absolute atomic E-state index is 0.871. The van der Waals surface area contributed by atoms with Gasteiger partial charge in [0.1, 0.15) is 0 Å². The molecule has 2 aromatic rings. The van der Waals surface area contributed by atoms with Crippen LogP contribution in [0.3, 0.4) is 0 Å². The lowest BCUT2D eigenvalue weighted by Crippen LogP contribution is -2.02. The second kappa shape index (κ2) is 6.01. The molecule has 0 saturated heterocycles. The first-order valence-electron chi connectivity index (χ1n) is 6.50. The van der Waals surface area contributed by atoms with Crippen LogP contribution in [0.15, 0.2) is 24.4 Å². The van der Waals surface area contributed by atoms with Crippen molar-refractivity contribution in [3.05, 3.63) is 45.4 Å². The molecule has 1 aromatic heterocycles. The maximum atomic E-state index is 4.39. The van der Waals surface area contributed by atoms with E-state index in [1.54, 1.807) is 11.3 Å². The van der Waals surface area contributed by atoms with Crippen molar-refractivity contribution in [2.45, 2.75) is 40.2 Å². The molecule has 0 fully saturated rings. The van der Waals surface area contributed by atoms with Crippen LogP contribution in [0.2, 0.25) is 0 Å². The Balaban J connectivity index is 2.10. The monoisotopic (exact) mass is 260 g/mol. The van der Waals surface area contributed by atoms with E-state index in [0.717, 1.165) is 19.4 Å². The maximum Gasteiger partial charge on any atom is 0.0925 e. The van der Waals surface area contributed by atoms with Crippen molar-refractivity contribution in [2.75, 3.05) is 5.32 Å². The Hall–Kier alpha value is -1.35. The number of rotatable bonds is 5. The summed E-state index contributed by atoms with van der Waals surface area (Å²) in [6.07, 6.45) is 4.07. The molecule has 1 aromatic carbocycles. The first kappa shape index (κ1) is 13.1.